The van der Waals surface area contributed by atoms with Crippen LogP contribution in [0.3, 0.4) is 0 Å². The minimum atomic E-state index is -0.445. The van der Waals surface area contributed by atoms with Crippen LogP contribution in [0.1, 0.15) is 36.2 Å². The van der Waals surface area contributed by atoms with Gasteiger partial charge in [0.2, 0.25) is 11.3 Å². The highest BCUT2D eigenvalue weighted by Crippen LogP contribution is 2.22. The molecule has 0 spiro atoms. The molecule has 2 aromatic rings. The van der Waals surface area contributed by atoms with E-state index < -0.39 is 11.4 Å². The molecular weight excluding hydrogens is 298 g/mol. The number of esters is 1. The summed E-state index contributed by atoms with van der Waals surface area (Å²) >= 11 is 0. The highest BCUT2D eigenvalue weighted by atomic mass is 16.5. The minimum absolute atomic E-state index is 0.0668. The molecule has 120 valence electrons. The first-order valence-corrected chi connectivity index (χ1v) is 7.33. The van der Waals surface area contributed by atoms with E-state index in [1.165, 1.54) is 6.21 Å². The number of fused-ring (bicyclic) bond motifs is 1. The van der Waals surface area contributed by atoms with Gasteiger partial charge in [-0.25, -0.2) is 4.99 Å². The largest absolute Gasteiger partial charge is 0.466 e. The number of hydrogen-bond acceptors (Lipinski definition) is 6. The Kier molecular flexibility index (Phi) is 5.41. The van der Waals surface area contributed by atoms with E-state index in [9.17, 15) is 14.4 Å². The molecule has 0 fully saturated rings. The van der Waals surface area contributed by atoms with Crippen LogP contribution in [0.4, 0.5) is 5.88 Å². The van der Waals surface area contributed by atoms with E-state index in [0.29, 0.717) is 17.3 Å². The average Bonchev–Trinajstić information content (AvgIpc) is 2.55. The van der Waals surface area contributed by atoms with Gasteiger partial charge in [0.25, 0.3) is 0 Å². The van der Waals surface area contributed by atoms with Crippen molar-refractivity contribution in [2.75, 3.05) is 6.61 Å². The number of benzene rings is 1. The van der Waals surface area contributed by atoms with Crippen LogP contribution in [-0.2, 0) is 16.0 Å². The van der Waals surface area contributed by atoms with E-state index in [1.54, 1.807) is 19.1 Å². The van der Waals surface area contributed by atoms with Gasteiger partial charge in [0.1, 0.15) is 11.1 Å². The third kappa shape index (κ3) is 3.71. The van der Waals surface area contributed by atoms with Gasteiger partial charge in [0.05, 0.1) is 18.4 Å². The Morgan fingerprint density at radius 2 is 2.13 bits per heavy atom. The molecule has 0 radical (unpaired) electrons. The summed E-state index contributed by atoms with van der Waals surface area (Å²) in [5.74, 6) is -0.550. The highest BCUT2D eigenvalue weighted by molar-refractivity contribution is 5.91. The molecule has 0 N–H and O–H groups in total. The van der Waals surface area contributed by atoms with Gasteiger partial charge < -0.3 is 9.15 Å². The van der Waals surface area contributed by atoms with E-state index in [1.807, 2.05) is 13.0 Å². The third-order valence-corrected chi connectivity index (χ3v) is 3.27. The normalized spacial score (nSPS) is 11.0. The number of rotatable bonds is 6. The van der Waals surface area contributed by atoms with Crippen LogP contribution in [0.2, 0.25) is 0 Å². The first-order chi connectivity index (χ1) is 11.1. The van der Waals surface area contributed by atoms with Crippen LogP contribution in [-0.4, -0.2) is 25.1 Å². The summed E-state index contributed by atoms with van der Waals surface area (Å²) in [7, 11) is 0. The second kappa shape index (κ2) is 7.49. The third-order valence-electron chi connectivity index (χ3n) is 3.27. The predicted molar refractivity (Wildman–Crippen MR) is 86.7 cm³/mol. The lowest BCUT2D eigenvalue weighted by atomic mass is 10.1. The summed E-state index contributed by atoms with van der Waals surface area (Å²) in [4.78, 5) is 38.8. The van der Waals surface area contributed by atoms with Crippen molar-refractivity contribution in [2.45, 2.75) is 26.7 Å². The van der Waals surface area contributed by atoms with Crippen LogP contribution in [0, 0.1) is 0 Å². The molecular formula is C17H17NO5. The van der Waals surface area contributed by atoms with Gasteiger partial charge in [0.15, 0.2) is 6.29 Å². The standard InChI is InChI=1S/C17H17NO5/c1-3-11-5-6-14-12(9-11)16(21)13(10-19)17(23-14)18-8-7-15(20)22-4-2/h5-6,8-10H,3-4,7H2,1-2H3. The second-order valence-corrected chi connectivity index (χ2v) is 4.77. The van der Waals surface area contributed by atoms with Crippen LogP contribution in [0.25, 0.3) is 11.0 Å². The van der Waals surface area contributed by atoms with E-state index in [-0.39, 0.29) is 24.5 Å². The fourth-order valence-electron chi connectivity index (χ4n) is 2.09. The van der Waals surface area contributed by atoms with Crippen LogP contribution in [0.5, 0.6) is 0 Å². The molecule has 0 aliphatic rings. The summed E-state index contributed by atoms with van der Waals surface area (Å²) in [6, 6.07) is 5.23. The zero-order valence-corrected chi connectivity index (χ0v) is 13.0. The maximum Gasteiger partial charge on any atom is 0.311 e. The van der Waals surface area contributed by atoms with E-state index in [4.69, 9.17) is 9.15 Å². The smallest absolute Gasteiger partial charge is 0.311 e. The van der Waals surface area contributed by atoms with E-state index in [2.05, 4.69) is 4.99 Å². The number of aldehydes is 1. The van der Waals surface area contributed by atoms with Gasteiger partial charge in [-0.05, 0) is 31.0 Å². The molecule has 0 amide bonds. The van der Waals surface area contributed by atoms with Gasteiger partial charge in [-0.2, -0.15) is 0 Å². The molecule has 0 atom stereocenters. The monoisotopic (exact) mass is 315 g/mol. The molecule has 23 heavy (non-hydrogen) atoms. The molecule has 0 bridgehead atoms. The first-order valence-electron chi connectivity index (χ1n) is 7.33. The first kappa shape index (κ1) is 16.6. The second-order valence-electron chi connectivity index (χ2n) is 4.77. The summed E-state index contributed by atoms with van der Waals surface area (Å²) in [6.07, 6.45) is 2.38. The van der Waals surface area contributed by atoms with Crippen molar-refractivity contribution in [2.24, 2.45) is 4.99 Å². The average molecular weight is 315 g/mol. The Morgan fingerprint density at radius 3 is 2.78 bits per heavy atom. The van der Waals surface area contributed by atoms with Gasteiger partial charge in [-0.1, -0.05) is 13.0 Å². The lowest BCUT2D eigenvalue weighted by molar-refractivity contribution is -0.141. The lowest BCUT2D eigenvalue weighted by Crippen LogP contribution is -2.09. The van der Waals surface area contributed by atoms with Crippen LogP contribution >= 0.6 is 0 Å². The van der Waals surface area contributed by atoms with Gasteiger partial charge in [-0.15, -0.1) is 0 Å². The number of carbonyl (C=O) groups excluding carboxylic acids is 2. The zero-order valence-electron chi connectivity index (χ0n) is 13.0. The lowest BCUT2D eigenvalue weighted by Gasteiger charge is -2.04. The Morgan fingerprint density at radius 1 is 1.35 bits per heavy atom. The number of carbonyl (C=O) groups is 2. The number of ether oxygens (including phenoxy) is 1. The molecule has 2 rings (SSSR count). The maximum atomic E-state index is 12.4. The molecule has 0 aliphatic heterocycles. The van der Waals surface area contributed by atoms with Gasteiger partial charge in [0, 0.05) is 6.21 Å². The minimum Gasteiger partial charge on any atom is -0.466 e. The Balaban J connectivity index is 2.44. The number of aryl methyl sites for hydroxylation is 1. The molecule has 1 aromatic heterocycles. The van der Waals surface area contributed by atoms with Crippen LogP contribution in [0.15, 0.2) is 32.4 Å². The van der Waals surface area contributed by atoms with Crippen molar-refractivity contribution in [3.8, 4) is 0 Å². The zero-order chi connectivity index (χ0) is 16.8. The van der Waals surface area contributed by atoms with Crippen molar-refractivity contribution in [1.29, 1.82) is 0 Å². The SMILES string of the molecule is CCOC(=O)CC=Nc1oc2ccc(CC)cc2c(=O)c1C=O. The summed E-state index contributed by atoms with van der Waals surface area (Å²) in [5.41, 5.74) is 0.729. The fraction of sp³-hybridized carbons (Fsp3) is 0.294. The fourth-order valence-corrected chi connectivity index (χ4v) is 2.09. The highest BCUT2D eigenvalue weighted by Gasteiger charge is 2.13. The molecule has 1 heterocycles. The number of aliphatic imine (C=N–C) groups is 1. The van der Waals surface area contributed by atoms with Crippen molar-refractivity contribution in [3.05, 3.63) is 39.5 Å². The molecule has 0 aliphatic carbocycles. The number of nitrogens with zero attached hydrogens (tertiary/aromatic N) is 1. The van der Waals surface area contributed by atoms with E-state index in [0.717, 1.165) is 12.0 Å². The van der Waals surface area contributed by atoms with Crippen molar-refractivity contribution < 1.29 is 18.7 Å². The van der Waals surface area contributed by atoms with Crippen molar-refractivity contribution in [1.82, 2.24) is 0 Å². The summed E-state index contributed by atoms with van der Waals surface area (Å²) in [5, 5.41) is 0.343. The Hall–Kier alpha value is -2.76. The Labute approximate surface area is 132 Å². The summed E-state index contributed by atoms with van der Waals surface area (Å²) < 4.78 is 10.3. The maximum absolute atomic E-state index is 12.4. The molecule has 0 unspecified atom stereocenters. The molecule has 6 heteroatoms. The van der Waals surface area contributed by atoms with Crippen molar-refractivity contribution in [3.63, 3.8) is 0 Å². The summed E-state index contributed by atoms with van der Waals surface area (Å²) in [6.45, 7) is 3.95. The Bertz CT molecular complexity index is 820. The van der Waals surface area contributed by atoms with Crippen LogP contribution < -0.4 is 5.43 Å². The van der Waals surface area contributed by atoms with Crippen molar-refractivity contribution >= 4 is 35.3 Å². The van der Waals surface area contributed by atoms with Gasteiger partial charge in [-0.3, -0.25) is 14.4 Å². The van der Waals surface area contributed by atoms with Gasteiger partial charge >= 0.3 is 5.97 Å². The van der Waals surface area contributed by atoms with E-state index >= 15 is 0 Å². The predicted octanol–water partition coefficient (Wildman–Crippen LogP) is 2.82. The topological polar surface area (TPSA) is 85.9 Å². The number of hydrogen-bond donors (Lipinski definition) is 0. The molecule has 1 aromatic carbocycles. The quantitative estimate of drug-likeness (QED) is 0.465. The molecule has 0 saturated carbocycles. The molecule has 0 saturated heterocycles. The molecule has 6 nitrogen and oxygen atoms in total.